The average Bonchev–Trinajstić information content (AvgIpc) is 2.36. The fourth-order valence-corrected chi connectivity index (χ4v) is 1.53. The molecular formula is C13H20N2O2. The minimum Gasteiger partial charge on any atom is -0.385 e. The number of carbonyl (C=O) groups excluding carboxylic acids is 1. The van der Waals surface area contributed by atoms with E-state index in [2.05, 4.69) is 10.3 Å². The Balaban J connectivity index is 2.04. The lowest BCUT2D eigenvalue weighted by atomic mass is 10.1. The number of carbonyl (C=O) groups is 1. The molecule has 0 fully saturated rings. The van der Waals surface area contributed by atoms with Gasteiger partial charge in [-0.25, -0.2) is 0 Å². The van der Waals surface area contributed by atoms with Crippen molar-refractivity contribution in [1.29, 1.82) is 0 Å². The molecule has 0 aromatic carbocycles. The van der Waals surface area contributed by atoms with Crippen molar-refractivity contribution in [2.75, 3.05) is 20.3 Å². The second kappa shape index (κ2) is 8.70. The van der Waals surface area contributed by atoms with Gasteiger partial charge in [0.1, 0.15) is 0 Å². The number of rotatable bonds is 8. The first-order valence-corrected chi connectivity index (χ1v) is 5.97. The zero-order chi connectivity index (χ0) is 12.3. The summed E-state index contributed by atoms with van der Waals surface area (Å²) in [5.74, 6) is 0.116. The second-order valence-corrected chi connectivity index (χ2v) is 3.91. The van der Waals surface area contributed by atoms with E-state index in [4.69, 9.17) is 4.74 Å². The molecule has 1 heterocycles. The number of hydrogen-bond acceptors (Lipinski definition) is 3. The number of aryl methyl sites for hydroxylation is 1. The number of nitrogens with zero attached hydrogens (tertiary/aromatic N) is 1. The van der Waals surface area contributed by atoms with E-state index >= 15 is 0 Å². The van der Waals surface area contributed by atoms with Crippen LogP contribution in [0.1, 0.15) is 24.8 Å². The molecule has 0 unspecified atom stereocenters. The summed E-state index contributed by atoms with van der Waals surface area (Å²) in [6.07, 6.45) is 6.80. The maximum absolute atomic E-state index is 11.4. The van der Waals surface area contributed by atoms with Gasteiger partial charge in [-0.3, -0.25) is 9.78 Å². The molecule has 17 heavy (non-hydrogen) atoms. The normalized spacial score (nSPS) is 10.2. The minimum absolute atomic E-state index is 0.116. The van der Waals surface area contributed by atoms with Crippen LogP contribution in [0.5, 0.6) is 0 Å². The third kappa shape index (κ3) is 6.68. The Morgan fingerprint density at radius 2 is 2.35 bits per heavy atom. The molecule has 4 nitrogen and oxygen atoms in total. The summed E-state index contributed by atoms with van der Waals surface area (Å²) in [6.45, 7) is 1.38. The van der Waals surface area contributed by atoms with Gasteiger partial charge in [0.2, 0.25) is 5.91 Å². The third-order valence-electron chi connectivity index (χ3n) is 2.44. The largest absolute Gasteiger partial charge is 0.385 e. The third-order valence-corrected chi connectivity index (χ3v) is 2.44. The topological polar surface area (TPSA) is 51.2 Å². The Morgan fingerprint density at radius 3 is 3.06 bits per heavy atom. The van der Waals surface area contributed by atoms with Crippen molar-refractivity contribution in [3.05, 3.63) is 30.1 Å². The Kier molecular flexibility index (Phi) is 6.98. The quantitative estimate of drug-likeness (QED) is 0.697. The fraction of sp³-hybridized carbons (Fsp3) is 0.538. The summed E-state index contributed by atoms with van der Waals surface area (Å²) in [5.41, 5.74) is 1.18. The molecule has 0 atom stereocenters. The smallest absolute Gasteiger partial charge is 0.220 e. The van der Waals surface area contributed by atoms with Crippen LogP contribution < -0.4 is 5.32 Å². The molecule has 0 spiro atoms. The lowest BCUT2D eigenvalue weighted by Gasteiger charge is -2.04. The van der Waals surface area contributed by atoms with Crippen molar-refractivity contribution in [2.45, 2.75) is 25.7 Å². The lowest BCUT2D eigenvalue weighted by Crippen LogP contribution is -2.24. The van der Waals surface area contributed by atoms with Gasteiger partial charge in [0.05, 0.1) is 0 Å². The molecule has 4 heteroatoms. The van der Waals surface area contributed by atoms with E-state index in [0.29, 0.717) is 19.6 Å². The van der Waals surface area contributed by atoms with Gasteiger partial charge in [-0.15, -0.1) is 0 Å². The first-order chi connectivity index (χ1) is 8.33. The molecule has 0 saturated carbocycles. The van der Waals surface area contributed by atoms with Crippen molar-refractivity contribution >= 4 is 5.91 Å². The summed E-state index contributed by atoms with van der Waals surface area (Å²) >= 11 is 0. The van der Waals surface area contributed by atoms with Crippen molar-refractivity contribution in [1.82, 2.24) is 10.3 Å². The van der Waals surface area contributed by atoms with Crippen LogP contribution >= 0.6 is 0 Å². The molecule has 1 amide bonds. The Hall–Kier alpha value is -1.42. The van der Waals surface area contributed by atoms with E-state index < -0.39 is 0 Å². The summed E-state index contributed by atoms with van der Waals surface area (Å²) < 4.78 is 4.90. The van der Waals surface area contributed by atoms with Crippen LogP contribution in [0.15, 0.2) is 24.5 Å². The van der Waals surface area contributed by atoms with Gasteiger partial charge in [0.15, 0.2) is 0 Å². The highest BCUT2D eigenvalue weighted by atomic mass is 16.5. The van der Waals surface area contributed by atoms with Crippen LogP contribution in [0, 0.1) is 0 Å². The molecule has 0 aliphatic rings. The van der Waals surface area contributed by atoms with Gasteiger partial charge in [-0.2, -0.15) is 0 Å². The number of nitrogens with one attached hydrogen (secondary N) is 1. The molecule has 1 aromatic heterocycles. The first-order valence-electron chi connectivity index (χ1n) is 5.97. The van der Waals surface area contributed by atoms with Crippen LogP contribution in [0.4, 0.5) is 0 Å². The van der Waals surface area contributed by atoms with Gasteiger partial charge in [0.25, 0.3) is 0 Å². The van der Waals surface area contributed by atoms with Gasteiger partial charge >= 0.3 is 0 Å². The number of pyridine rings is 1. The average molecular weight is 236 g/mol. The monoisotopic (exact) mass is 236 g/mol. The van der Waals surface area contributed by atoms with Crippen molar-refractivity contribution in [3.63, 3.8) is 0 Å². The second-order valence-electron chi connectivity index (χ2n) is 3.91. The molecule has 1 N–H and O–H groups in total. The highest BCUT2D eigenvalue weighted by Gasteiger charge is 2.00. The van der Waals surface area contributed by atoms with E-state index in [1.807, 2.05) is 18.3 Å². The van der Waals surface area contributed by atoms with Crippen LogP contribution in [0.25, 0.3) is 0 Å². The molecule has 94 valence electrons. The van der Waals surface area contributed by atoms with Gasteiger partial charge in [-0.1, -0.05) is 6.07 Å². The predicted octanol–water partition coefficient (Wildman–Crippen LogP) is 1.56. The number of aromatic nitrogens is 1. The van der Waals surface area contributed by atoms with Crippen LogP contribution in [-0.2, 0) is 16.0 Å². The Bertz CT molecular complexity index is 314. The highest BCUT2D eigenvalue weighted by molar-refractivity contribution is 5.75. The molecule has 1 aromatic rings. The number of amides is 1. The fourth-order valence-electron chi connectivity index (χ4n) is 1.53. The van der Waals surface area contributed by atoms with E-state index in [9.17, 15) is 4.79 Å². The zero-order valence-corrected chi connectivity index (χ0v) is 10.3. The molecule has 0 radical (unpaired) electrons. The van der Waals surface area contributed by atoms with Gasteiger partial charge < -0.3 is 10.1 Å². The Labute approximate surface area is 102 Å². The van der Waals surface area contributed by atoms with Crippen LogP contribution in [0.3, 0.4) is 0 Å². The Morgan fingerprint density at radius 1 is 1.47 bits per heavy atom. The van der Waals surface area contributed by atoms with Crippen molar-refractivity contribution < 1.29 is 9.53 Å². The van der Waals surface area contributed by atoms with Crippen molar-refractivity contribution in [2.24, 2.45) is 0 Å². The highest BCUT2D eigenvalue weighted by Crippen LogP contribution is 2.02. The first kappa shape index (κ1) is 13.6. The van der Waals surface area contributed by atoms with Crippen molar-refractivity contribution in [3.8, 4) is 0 Å². The van der Waals surface area contributed by atoms with Gasteiger partial charge in [0, 0.05) is 39.1 Å². The predicted molar refractivity (Wildman–Crippen MR) is 66.7 cm³/mol. The molecular weight excluding hydrogens is 216 g/mol. The van der Waals surface area contributed by atoms with E-state index in [-0.39, 0.29) is 5.91 Å². The van der Waals surface area contributed by atoms with E-state index in [0.717, 1.165) is 19.3 Å². The molecule has 1 rings (SSSR count). The summed E-state index contributed by atoms with van der Waals surface area (Å²) in [4.78, 5) is 15.5. The zero-order valence-electron chi connectivity index (χ0n) is 10.3. The maximum Gasteiger partial charge on any atom is 0.220 e. The number of hydrogen-bond donors (Lipinski definition) is 1. The van der Waals surface area contributed by atoms with E-state index in [1.54, 1.807) is 13.3 Å². The SMILES string of the molecule is COCCCNC(=O)CCCc1cccnc1. The van der Waals surface area contributed by atoms with E-state index in [1.165, 1.54) is 5.56 Å². The maximum atomic E-state index is 11.4. The number of methoxy groups -OCH3 is 1. The minimum atomic E-state index is 0.116. The number of ether oxygens (including phenoxy) is 1. The summed E-state index contributed by atoms with van der Waals surface area (Å²) in [7, 11) is 1.66. The molecule has 0 bridgehead atoms. The molecule has 0 aliphatic heterocycles. The van der Waals surface area contributed by atoms with Crippen LogP contribution in [0.2, 0.25) is 0 Å². The van der Waals surface area contributed by atoms with Crippen LogP contribution in [-0.4, -0.2) is 31.2 Å². The molecule has 0 aliphatic carbocycles. The van der Waals surface area contributed by atoms with Gasteiger partial charge in [-0.05, 0) is 30.9 Å². The summed E-state index contributed by atoms with van der Waals surface area (Å²) in [5, 5.41) is 2.87. The summed E-state index contributed by atoms with van der Waals surface area (Å²) in [6, 6.07) is 3.95. The standard InChI is InChI=1S/C13H20N2O2/c1-17-10-4-9-15-13(16)7-2-5-12-6-3-8-14-11-12/h3,6,8,11H,2,4-5,7,9-10H2,1H3,(H,15,16). The molecule has 0 saturated heterocycles. The lowest BCUT2D eigenvalue weighted by molar-refractivity contribution is -0.121.